The van der Waals surface area contributed by atoms with Gasteiger partial charge in [0.25, 0.3) is 0 Å². The number of hydrogen-bond acceptors (Lipinski definition) is 3. The van der Waals surface area contributed by atoms with Crippen molar-refractivity contribution in [2.45, 2.75) is 13.8 Å². The molecule has 0 bridgehead atoms. The van der Waals surface area contributed by atoms with Crippen LogP contribution in [0.25, 0.3) is 0 Å². The summed E-state index contributed by atoms with van der Waals surface area (Å²) in [5.41, 5.74) is 3.60. The predicted molar refractivity (Wildman–Crippen MR) is 70.2 cm³/mol. The lowest BCUT2D eigenvalue weighted by Crippen LogP contribution is -2.15. The third-order valence-corrected chi connectivity index (χ3v) is 2.66. The summed E-state index contributed by atoms with van der Waals surface area (Å²) in [6, 6.07) is 6.33. The average molecular weight is 222 g/mol. The summed E-state index contributed by atoms with van der Waals surface area (Å²) in [4.78, 5) is 2.11. The van der Waals surface area contributed by atoms with Gasteiger partial charge in [-0.15, -0.1) is 0 Å². The molecule has 0 radical (unpaired) electrons. The van der Waals surface area contributed by atoms with Crippen LogP contribution >= 0.6 is 0 Å². The van der Waals surface area contributed by atoms with E-state index in [-0.39, 0.29) is 12.5 Å². The van der Waals surface area contributed by atoms with Gasteiger partial charge < -0.3 is 15.3 Å². The molecule has 1 rings (SSSR count). The smallest absolute Gasteiger partial charge is 0.0473 e. The molecule has 2 N–H and O–H groups in total. The van der Waals surface area contributed by atoms with E-state index in [2.05, 4.69) is 35.3 Å². The van der Waals surface area contributed by atoms with Crippen LogP contribution in [0.1, 0.15) is 12.5 Å². The molecular formula is C13H22N2O. The first-order valence-electron chi connectivity index (χ1n) is 5.67. The summed E-state index contributed by atoms with van der Waals surface area (Å²) in [6.07, 6.45) is 0. The van der Waals surface area contributed by atoms with Gasteiger partial charge in [-0.3, -0.25) is 0 Å². The molecule has 0 spiro atoms. The minimum absolute atomic E-state index is 0.222. The molecule has 1 unspecified atom stereocenters. The molecule has 90 valence electrons. The minimum Gasteiger partial charge on any atom is -0.396 e. The van der Waals surface area contributed by atoms with Crippen molar-refractivity contribution in [3.63, 3.8) is 0 Å². The van der Waals surface area contributed by atoms with Crippen LogP contribution in [0.2, 0.25) is 0 Å². The Kier molecular flexibility index (Phi) is 4.62. The summed E-state index contributed by atoms with van der Waals surface area (Å²) >= 11 is 0. The predicted octanol–water partition coefficient (Wildman–Crippen LogP) is 2.10. The van der Waals surface area contributed by atoms with E-state index in [1.54, 1.807) is 0 Å². The van der Waals surface area contributed by atoms with E-state index in [0.717, 1.165) is 12.2 Å². The molecule has 0 saturated heterocycles. The highest BCUT2D eigenvalue weighted by Crippen LogP contribution is 2.22. The second-order valence-electron chi connectivity index (χ2n) is 4.56. The van der Waals surface area contributed by atoms with Crippen LogP contribution in [-0.4, -0.2) is 32.4 Å². The zero-order valence-electron chi connectivity index (χ0n) is 10.6. The van der Waals surface area contributed by atoms with E-state index >= 15 is 0 Å². The van der Waals surface area contributed by atoms with Crippen molar-refractivity contribution in [3.05, 3.63) is 23.8 Å². The third kappa shape index (κ3) is 3.42. The maximum absolute atomic E-state index is 8.95. The second kappa shape index (κ2) is 5.75. The van der Waals surface area contributed by atoms with Crippen LogP contribution in [0, 0.1) is 12.8 Å². The lowest BCUT2D eigenvalue weighted by molar-refractivity contribution is 0.244. The molecule has 0 aliphatic heterocycles. The normalized spacial score (nSPS) is 12.3. The van der Waals surface area contributed by atoms with Gasteiger partial charge in [-0.25, -0.2) is 0 Å². The quantitative estimate of drug-likeness (QED) is 0.801. The van der Waals surface area contributed by atoms with E-state index in [1.165, 1.54) is 11.3 Å². The van der Waals surface area contributed by atoms with Crippen molar-refractivity contribution in [3.8, 4) is 0 Å². The molecule has 0 aromatic heterocycles. The molecule has 3 heteroatoms. The fraction of sp³-hybridized carbons (Fsp3) is 0.538. The maximum Gasteiger partial charge on any atom is 0.0473 e. The molecule has 0 saturated carbocycles. The van der Waals surface area contributed by atoms with Crippen molar-refractivity contribution in [2.24, 2.45) is 5.92 Å². The van der Waals surface area contributed by atoms with Crippen molar-refractivity contribution in [1.82, 2.24) is 0 Å². The summed E-state index contributed by atoms with van der Waals surface area (Å²) in [7, 11) is 4.09. The molecule has 0 aliphatic carbocycles. The highest BCUT2D eigenvalue weighted by atomic mass is 16.3. The molecule has 0 aliphatic rings. The van der Waals surface area contributed by atoms with Gasteiger partial charge in [0, 0.05) is 38.6 Å². The number of nitrogens with one attached hydrogen (secondary N) is 1. The van der Waals surface area contributed by atoms with Crippen LogP contribution in [0.15, 0.2) is 18.2 Å². The van der Waals surface area contributed by atoms with Gasteiger partial charge in [0.2, 0.25) is 0 Å². The fourth-order valence-corrected chi connectivity index (χ4v) is 1.56. The molecule has 1 aromatic rings. The lowest BCUT2D eigenvalue weighted by Gasteiger charge is -2.18. The average Bonchev–Trinajstić information content (AvgIpc) is 2.27. The molecule has 0 amide bonds. The highest BCUT2D eigenvalue weighted by Gasteiger charge is 2.03. The number of aliphatic hydroxyl groups excluding tert-OH is 1. The van der Waals surface area contributed by atoms with Crippen molar-refractivity contribution in [1.29, 1.82) is 0 Å². The Balaban J connectivity index is 2.71. The standard InChI is InChI=1S/C13H22N2O/c1-10(9-16)8-14-12-6-5-11(2)13(7-12)15(3)4/h5-7,10,14,16H,8-9H2,1-4H3. The minimum atomic E-state index is 0.222. The highest BCUT2D eigenvalue weighted by molar-refractivity contribution is 5.61. The number of nitrogens with zero attached hydrogens (tertiary/aromatic N) is 1. The van der Waals surface area contributed by atoms with E-state index in [9.17, 15) is 0 Å². The first-order valence-corrected chi connectivity index (χ1v) is 5.67. The van der Waals surface area contributed by atoms with Crippen LogP contribution in [0.5, 0.6) is 0 Å². The van der Waals surface area contributed by atoms with E-state index in [4.69, 9.17) is 5.11 Å². The molecule has 16 heavy (non-hydrogen) atoms. The van der Waals surface area contributed by atoms with E-state index in [1.807, 2.05) is 21.0 Å². The maximum atomic E-state index is 8.95. The Morgan fingerprint density at radius 3 is 2.62 bits per heavy atom. The van der Waals surface area contributed by atoms with Crippen molar-refractivity contribution in [2.75, 3.05) is 37.5 Å². The van der Waals surface area contributed by atoms with Gasteiger partial charge in [-0.1, -0.05) is 13.0 Å². The van der Waals surface area contributed by atoms with Gasteiger partial charge in [0.05, 0.1) is 0 Å². The molecule has 3 nitrogen and oxygen atoms in total. The van der Waals surface area contributed by atoms with Gasteiger partial charge in [0.1, 0.15) is 0 Å². The van der Waals surface area contributed by atoms with E-state index < -0.39 is 0 Å². The SMILES string of the molecule is Cc1ccc(NCC(C)CO)cc1N(C)C. The Hall–Kier alpha value is -1.22. The zero-order valence-corrected chi connectivity index (χ0v) is 10.6. The van der Waals surface area contributed by atoms with Gasteiger partial charge >= 0.3 is 0 Å². The first kappa shape index (κ1) is 12.8. The molecule has 0 fully saturated rings. The largest absolute Gasteiger partial charge is 0.396 e. The summed E-state index contributed by atoms with van der Waals surface area (Å²) in [6.45, 7) is 5.15. The Morgan fingerprint density at radius 1 is 1.38 bits per heavy atom. The number of anilines is 2. The van der Waals surface area contributed by atoms with Crippen molar-refractivity contribution < 1.29 is 5.11 Å². The first-order chi connectivity index (χ1) is 7.54. The number of aliphatic hydroxyl groups is 1. The van der Waals surface area contributed by atoms with Crippen molar-refractivity contribution >= 4 is 11.4 Å². The fourth-order valence-electron chi connectivity index (χ4n) is 1.56. The Labute approximate surface area is 98.1 Å². The monoisotopic (exact) mass is 222 g/mol. The molecule has 1 aromatic carbocycles. The number of hydrogen-bond donors (Lipinski definition) is 2. The summed E-state index contributed by atoms with van der Waals surface area (Å²) < 4.78 is 0. The molecule has 1 atom stereocenters. The Morgan fingerprint density at radius 2 is 2.06 bits per heavy atom. The lowest BCUT2D eigenvalue weighted by atomic mass is 10.1. The van der Waals surface area contributed by atoms with Crippen LogP contribution in [0.4, 0.5) is 11.4 Å². The van der Waals surface area contributed by atoms with Gasteiger partial charge in [0.15, 0.2) is 0 Å². The topological polar surface area (TPSA) is 35.5 Å². The van der Waals surface area contributed by atoms with Crippen LogP contribution in [0.3, 0.4) is 0 Å². The summed E-state index contributed by atoms with van der Waals surface area (Å²) in [5, 5.41) is 12.3. The van der Waals surface area contributed by atoms with Gasteiger partial charge in [-0.2, -0.15) is 0 Å². The van der Waals surface area contributed by atoms with Crippen LogP contribution < -0.4 is 10.2 Å². The Bertz CT molecular complexity index is 337. The molecular weight excluding hydrogens is 200 g/mol. The van der Waals surface area contributed by atoms with Gasteiger partial charge in [-0.05, 0) is 30.5 Å². The van der Waals surface area contributed by atoms with E-state index in [0.29, 0.717) is 0 Å². The number of benzene rings is 1. The van der Waals surface area contributed by atoms with Crippen LogP contribution in [-0.2, 0) is 0 Å². The number of aryl methyl sites for hydroxylation is 1. The second-order valence-corrected chi connectivity index (χ2v) is 4.56. The molecule has 0 heterocycles. The summed E-state index contributed by atoms with van der Waals surface area (Å²) in [5.74, 6) is 0.282. The zero-order chi connectivity index (χ0) is 12.1. The number of rotatable bonds is 5. The third-order valence-electron chi connectivity index (χ3n) is 2.66.